The number of hydrogen-bond donors (Lipinski definition) is 2. The normalized spacial score (nSPS) is 12.9. The quantitative estimate of drug-likeness (QED) is 0.800. The van der Waals surface area contributed by atoms with E-state index in [4.69, 9.17) is 9.47 Å². The Kier molecular flexibility index (Phi) is 5.41. The van der Waals surface area contributed by atoms with E-state index < -0.39 is 16.1 Å². The van der Waals surface area contributed by atoms with Crippen molar-refractivity contribution in [3.63, 3.8) is 0 Å². The van der Waals surface area contributed by atoms with Gasteiger partial charge in [0.05, 0.1) is 25.2 Å². The number of aliphatic hydroxyl groups is 1. The Bertz CT molecular complexity index is 713. The highest BCUT2D eigenvalue weighted by atomic mass is 32.2. The summed E-state index contributed by atoms with van der Waals surface area (Å²) in [6.45, 7) is -0.104. The van der Waals surface area contributed by atoms with Crippen LogP contribution in [0.1, 0.15) is 11.7 Å². The highest BCUT2D eigenvalue weighted by Crippen LogP contribution is 2.29. The van der Waals surface area contributed by atoms with Crippen LogP contribution in [0.2, 0.25) is 0 Å². The molecule has 2 aromatic rings. The molecule has 0 saturated carbocycles. The summed E-state index contributed by atoms with van der Waals surface area (Å²) in [4.78, 5) is 0.0441. The standard InChI is InChI=1S/C14H17NO5S2/c1-19-13-4-3-11(7-14(13)20-2)22(17,18)15-8-12(16)10-5-6-21-9-10/h3-7,9,12,15-16H,8H2,1-2H3. The first-order valence-electron chi connectivity index (χ1n) is 6.40. The van der Waals surface area contributed by atoms with Crippen LogP contribution in [-0.4, -0.2) is 34.3 Å². The van der Waals surface area contributed by atoms with Gasteiger partial charge in [0.1, 0.15) is 0 Å². The van der Waals surface area contributed by atoms with Crippen molar-refractivity contribution in [2.75, 3.05) is 20.8 Å². The van der Waals surface area contributed by atoms with E-state index in [1.807, 2.05) is 5.38 Å². The van der Waals surface area contributed by atoms with Crippen molar-refractivity contribution in [1.82, 2.24) is 4.72 Å². The first kappa shape index (κ1) is 16.8. The molecule has 0 aliphatic rings. The van der Waals surface area contributed by atoms with Gasteiger partial charge in [-0.25, -0.2) is 13.1 Å². The zero-order chi connectivity index (χ0) is 16.2. The predicted octanol–water partition coefficient (Wildman–Crippen LogP) is 1.78. The summed E-state index contributed by atoms with van der Waals surface area (Å²) in [7, 11) is -0.840. The number of sulfonamides is 1. The van der Waals surface area contributed by atoms with E-state index in [0.29, 0.717) is 17.1 Å². The number of benzene rings is 1. The van der Waals surface area contributed by atoms with Crippen LogP contribution in [0.4, 0.5) is 0 Å². The second kappa shape index (κ2) is 7.10. The van der Waals surface area contributed by atoms with Crippen LogP contribution < -0.4 is 14.2 Å². The molecule has 2 N–H and O–H groups in total. The molecule has 1 aromatic heterocycles. The van der Waals surface area contributed by atoms with Gasteiger partial charge in [-0.3, -0.25) is 0 Å². The van der Waals surface area contributed by atoms with E-state index in [-0.39, 0.29) is 11.4 Å². The molecule has 22 heavy (non-hydrogen) atoms. The predicted molar refractivity (Wildman–Crippen MR) is 84.0 cm³/mol. The molecule has 0 bridgehead atoms. The SMILES string of the molecule is COc1ccc(S(=O)(=O)NCC(O)c2ccsc2)cc1OC. The fraction of sp³-hybridized carbons (Fsp3) is 0.286. The zero-order valence-corrected chi connectivity index (χ0v) is 13.8. The minimum atomic E-state index is -3.75. The van der Waals surface area contributed by atoms with Gasteiger partial charge in [-0.15, -0.1) is 0 Å². The van der Waals surface area contributed by atoms with E-state index in [1.165, 1.54) is 43.8 Å². The number of thiophene rings is 1. The Morgan fingerprint density at radius 1 is 1.23 bits per heavy atom. The summed E-state index contributed by atoms with van der Waals surface area (Å²) in [6.07, 6.45) is -0.888. The van der Waals surface area contributed by atoms with Crippen LogP contribution in [0, 0.1) is 0 Å². The number of hydrogen-bond acceptors (Lipinski definition) is 6. The lowest BCUT2D eigenvalue weighted by Gasteiger charge is -2.13. The van der Waals surface area contributed by atoms with Crippen LogP contribution in [0.15, 0.2) is 39.9 Å². The molecule has 120 valence electrons. The fourth-order valence-electron chi connectivity index (χ4n) is 1.84. The number of ether oxygens (including phenoxy) is 2. The van der Waals surface area contributed by atoms with E-state index in [2.05, 4.69) is 4.72 Å². The first-order chi connectivity index (χ1) is 10.5. The summed E-state index contributed by atoms with van der Waals surface area (Å²) in [6, 6.07) is 6.06. The molecule has 1 aromatic carbocycles. The smallest absolute Gasteiger partial charge is 0.240 e. The minimum Gasteiger partial charge on any atom is -0.493 e. The van der Waals surface area contributed by atoms with Crippen molar-refractivity contribution in [3.05, 3.63) is 40.6 Å². The highest BCUT2D eigenvalue weighted by Gasteiger charge is 2.19. The van der Waals surface area contributed by atoms with E-state index in [9.17, 15) is 13.5 Å². The maximum atomic E-state index is 12.3. The molecular weight excluding hydrogens is 326 g/mol. The average molecular weight is 343 g/mol. The van der Waals surface area contributed by atoms with Crippen molar-refractivity contribution in [1.29, 1.82) is 0 Å². The van der Waals surface area contributed by atoms with Crippen LogP contribution >= 0.6 is 11.3 Å². The van der Waals surface area contributed by atoms with Crippen LogP contribution in [0.5, 0.6) is 11.5 Å². The van der Waals surface area contributed by atoms with Crippen molar-refractivity contribution in [2.24, 2.45) is 0 Å². The van der Waals surface area contributed by atoms with Gasteiger partial charge in [0.15, 0.2) is 11.5 Å². The lowest BCUT2D eigenvalue weighted by Crippen LogP contribution is -2.28. The lowest BCUT2D eigenvalue weighted by atomic mass is 10.2. The Balaban J connectivity index is 2.13. The molecule has 0 aliphatic heterocycles. The van der Waals surface area contributed by atoms with Gasteiger partial charge in [-0.1, -0.05) is 0 Å². The number of rotatable bonds is 7. The molecule has 8 heteroatoms. The lowest BCUT2D eigenvalue weighted by molar-refractivity contribution is 0.182. The van der Waals surface area contributed by atoms with E-state index in [0.717, 1.165) is 0 Å². The average Bonchev–Trinajstić information content (AvgIpc) is 3.06. The summed E-state index contributed by atoms with van der Waals surface area (Å²) < 4.78 is 37.1. The molecule has 1 atom stereocenters. The third-order valence-electron chi connectivity index (χ3n) is 3.06. The molecule has 0 radical (unpaired) electrons. The topological polar surface area (TPSA) is 84.9 Å². The maximum Gasteiger partial charge on any atom is 0.240 e. The molecule has 2 rings (SSSR count). The van der Waals surface area contributed by atoms with Crippen LogP contribution in [0.25, 0.3) is 0 Å². The minimum absolute atomic E-state index is 0.0441. The Morgan fingerprint density at radius 3 is 2.55 bits per heavy atom. The first-order valence-corrected chi connectivity index (χ1v) is 8.82. The van der Waals surface area contributed by atoms with Crippen molar-refractivity contribution in [3.8, 4) is 11.5 Å². The zero-order valence-electron chi connectivity index (χ0n) is 12.1. The molecule has 0 amide bonds. The van der Waals surface area contributed by atoms with Gasteiger partial charge in [0.2, 0.25) is 10.0 Å². The summed E-state index contributed by atoms with van der Waals surface area (Å²) >= 11 is 1.44. The monoisotopic (exact) mass is 343 g/mol. The van der Waals surface area contributed by atoms with E-state index >= 15 is 0 Å². The molecule has 0 fully saturated rings. The molecule has 6 nitrogen and oxygen atoms in total. The van der Waals surface area contributed by atoms with E-state index in [1.54, 1.807) is 11.4 Å². The fourth-order valence-corrected chi connectivity index (χ4v) is 3.60. The summed E-state index contributed by atoms with van der Waals surface area (Å²) in [5, 5.41) is 13.5. The third kappa shape index (κ3) is 3.77. The van der Waals surface area contributed by atoms with Gasteiger partial charge in [0.25, 0.3) is 0 Å². The van der Waals surface area contributed by atoms with Crippen molar-refractivity contribution in [2.45, 2.75) is 11.0 Å². The Hall–Kier alpha value is -1.61. The molecule has 0 spiro atoms. The second-order valence-corrected chi connectivity index (χ2v) is 6.99. The molecular formula is C14H17NO5S2. The summed E-state index contributed by atoms with van der Waals surface area (Å²) in [5.41, 5.74) is 0.681. The van der Waals surface area contributed by atoms with Crippen molar-refractivity contribution >= 4 is 21.4 Å². The van der Waals surface area contributed by atoms with Gasteiger partial charge in [-0.05, 0) is 34.5 Å². The van der Waals surface area contributed by atoms with Gasteiger partial charge in [-0.2, -0.15) is 11.3 Å². The maximum absolute atomic E-state index is 12.3. The molecule has 0 saturated heterocycles. The molecule has 1 unspecified atom stereocenters. The Morgan fingerprint density at radius 2 is 1.95 bits per heavy atom. The third-order valence-corrected chi connectivity index (χ3v) is 5.18. The highest BCUT2D eigenvalue weighted by molar-refractivity contribution is 7.89. The van der Waals surface area contributed by atoms with Crippen molar-refractivity contribution < 1.29 is 23.0 Å². The number of aliphatic hydroxyl groups excluding tert-OH is 1. The molecule has 0 aliphatic carbocycles. The van der Waals surface area contributed by atoms with Crippen LogP contribution in [-0.2, 0) is 10.0 Å². The van der Waals surface area contributed by atoms with Gasteiger partial charge >= 0.3 is 0 Å². The van der Waals surface area contributed by atoms with Crippen LogP contribution in [0.3, 0.4) is 0 Å². The second-order valence-electron chi connectivity index (χ2n) is 4.44. The number of methoxy groups -OCH3 is 2. The van der Waals surface area contributed by atoms with Gasteiger partial charge in [0, 0.05) is 12.6 Å². The number of nitrogens with one attached hydrogen (secondary N) is 1. The Labute approximate surface area is 133 Å². The largest absolute Gasteiger partial charge is 0.493 e. The summed E-state index contributed by atoms with van der Waals surface area (Å²) in [5.74, 6) is 0.767. The molecule has 1 heterocycles. The van der Waals surface area contributed by atoms with Gasteiger partial charge < -0.3 is 14.6 Å².